The molecule has 0 bridgehead atoms. The maximum Gasteiger partial charge on any atom is 0.306 e. The predicted molar refractivity (Wildman–Crippen MR) is 100 cm³/mol. The predicted octanol–water partition coefficient (Wildman–Crippen LogP) is 1.38. The van der Waals surface area contributed by atoms with Crippen LogP contribution in [0.2, 0.25) is 0 Å². The molecular formula is C20H26N2O6. The first-order valence-electron chi connectivity index (χ1n) is 9.43. The minimum atomic E-state index is -0.803. The summed E-state index contributed by atoms with van der Waals surface area (Å²) in [6, 6.07) is 5.44. The average Bonchev–Trinajstić information content (AvgIpc) is 3.08. The topological polar surface area (TPSA) is 96.4 Å². The zero-order valence-corrected chi connectivity index (χ0v) is 16.2. The van der Waals surface area contributed by atoms with Crippen molar-refractivity contribution in [1.29, 1.82) is 0 Å². The number of ether oxygens (including phenoxy) is 2. The van der Waals surface area contributed by atoms with E-state index >= 15 is 0 Å². The number of rotatable bonds is 6. The fourth-order valence-corrected chi connectivity index (χ4v) is 3.88. The number of amides is 2. The second kappa shape index (κ2) is 8.50. The normalized spacial score (nSPS) is 20.4. The largest absolute Gasteiger partial charge is 0.497 e. The van der Waals surface area contributed by atoms with E-state index in [2.05, 4.69) is 0 Å². The molecule has 8 heteroatoms. The van der Waals surface area contributed by atoms with Crippen molar-refractivity contribution in [2.75, 3.05) is 33.9 Å². The minimum Gasteiger partial charge on any atom is -0.497 e. The summed E-state index contributed by atoms with van der Waals surface area (Å²) in [6.07, 6.45) is 1.12. The second-order valence-electron chi connectivity index (χ2n) is 7.29. The van der Waals surface area contributed by atoms with Crippen LogP contribution in [-0.2, 0) is 20.9 Å². The first-order chi connectivity index (χ1) is 13.4. The first-order valence-corrected chi connectivity index (χ1v) is 9.43. The van der Waals surface area contributed by atoms with Gasteiger partial charge in [0.15, 0.2) is 0 Å². The van der Waals surface area contributed by atoms with Crippen molar-refractivity contribution in [3.63, 3.8) is 0 Å². The second-order valence-corrected chi connectivity index (χ2v) is 7.29. The van der Waals surface area contributed by atoms with Gasteiger partial charge in [-0.3, -0.25) is 14.4 Å². The summed E-state index contributed by atoms with van der Waals surface area (Å²) in [5.41, 5.74) is 0.854. The summed E-state index contributed by atoms with van der Waals surface area (Å²) < 4.78 is 10.6. The quantitative estimate of drug-likeness (QED) is 0.788. The summed E-state index contributed by atoms with van der Waals surface area (Å²) in [7, 11) is 3.14. The van der Waals surface area contributed by atoms with Gasteiger partial charge in [-0.05, 0) is 25.0 Å². The third kappa shape index (κ3) is 4.21. The highest BCUT2D eigenvalue weighted by Gasteiger charge is 2.38. The van der Waals surface area contributed by atoms with E-state index in [0.717, 1.165) is 5.56 Å². The van der Waals surface area contributed by atoms with Gasteiger partial charge in [-0.1, -0.05) is 0 Å². The molecule has 1 aromatic rings. The van der Waals surface area contributed by atoms with Crippen LogP contribution in [-0.4, -0.2) is 66.5 Å². The SMILES string of the molecule is COc1ccc(CN2CC(C(=O)N3CCC(C(=O)O)CC3)CC2=O)c(OC)c1. The van der Waals surface area contributed by atoms with Gasteiger partial charge in [-0.15, -0.1) is 0 Å². The van der Waals surface area contributed by atoms with Gasteiger partial charge in [0.2, 0.25) is 11.8 Å². The van der Waals surface area contributed by atoms with Gasteiger partial charge in [-0.2, -0.15) is 0 Å². The molecule has 1 aromatic carbocycles. The van der Waals surface area contributed by atoms with Crippen LogP contribution in [0.1, 0.15) is 24.8 Å². The van der Waals surface area contributed by atoms with E-state index in [4.69, 9.17) is 14.6 Å². The number of likely N-dealkylation sites (tertiary alicyclic amines) is 2. The average molecular weight is 390 g/mol. The molecule has 2 aliphatic rings. The molecule has 1 atom stereocenters. The monoisotopic (exact) mass is 390 g/mol. The number of carboxylic acids is 1. The van der Waals surface area contributed by atoms with Gasteiger partial charge in [0.1, 0.15) is 11.5 Å². The Balaban J connectivity index is 1.61. The van der Waals surface area contributed by atoms with Gasteiger partial charge in [0, 0.05) is 44.2 Å². The Bertz CT molecular complexity index is 757. The number of carbonyl (C=O) groups excluding carboxylic acids is 2. The van der Waals surface area contributed by atoms with Gasteiger partial charge in [0.25, 0.3) is 0 Å². The number of benzene rings is 1. The Kier molecular flexibility index (Phi) is 6.06. The molecule has 2 aliphatic heterocycles. The summed E-state index contributed by atoms with van der Waals surface area (Å²) in [6.45, 7) is 1.61. The number of aliphatic carboxylic acids is 1. The van der Waals surface area contributed by atoms with Crippen molar-refractivity contribution >= 4 is 17.8 Å². The maximum absolute atomic E-state index is 12.8. The summed E-state index contributed by atoms with van der Waals surface area (Å²) >= 11 is 0. The molecule has 0 radical (unpaired) electrons. The number of piperidine rings is 1. The number of carbonyl (C=O) groups is 3. The van der Waals surface area contributed by atoms with E-state index in [-0.39, 0.29) is 30.1 Å². The van der Waals surface area contributed by atoms with Crippen LogP contribution >= 0.6 is 0 Å². The first kappa shape index (κ1) is 20.0. The summed E-state index contributed by atoms with van der Waals surface area (Å²) in [5, 5.41) is 9.09. The molecule has 8 nitrogen and oxygen atoms in total. The Hall–Kier alpha value is -2.77. The lowest BCUT2D eigenvalue weighted by atomic mass is 9.95. The molecule has 0 aliphatic carbocycles. The van der Waals surface area contributed by atoms with Gasteiger partial charge in [-0.25, -0.2) is 0 Å². The Morgan fingerprint density at radius 3 is 2.46 bits per heavy atom. The molecule has 2 amide bonds. The highest BCUT2D eigenvalue weighted by molar-refractivity contribution is 5.89. The van der Waals surface area contributed by atoms with Gasteiger partial charge in [0.05, 0.1) is 26.1 Å². The molecule has 0 spiro atoms. The lowest BCUT2D eigenvalue weighted by Gasteiger charge is -2.31. The maximum atomic E-state index is 12.8. The fourth-order valence-electron chi connectivity index (χ4n) is 3.88. The molecule has 0 aromatic heterocycles. The minimum absolute atomic E-state index is 0.0543. The summed E-state index contributed by atoms with van der Waals surface area (Å²) in [4.78, 5) is 39.7. The highest BCUT2D eigenvalue weighted by atomic mass is 16.5. The number of methoxy groups -OCH3 is 2. The van der Waals surface area contributed by atoms with Crippen molar-refractivity contribution in [2.24, 2.45) is 11.8 Å². The van der Waals surface area contributed by atoms with E-state index in [1.807, 2.05) is 12.1 Å². The fraction of sp³-hybridized carbons (Fsp3) is 0.550. The van der Waals surface area contributed by atoms with E-state index < -0.39 is 5.97 Å². The van der Waals surface area contributed by atoms with Crippen LogP contribution in [0.4, 0.5) is 0 Å². The van der Waals surface area contributed by atoms with E-state index in [9.17, 15) is 14.4 Å². The zero-order valence-electron chi connectivity index (χ0n) is 16.2. The molecular weight excluding hydrogens is 364 g/mol. The molecule has 3 rings (SSSR count). The third-order valence-electron chi connectivity index (χ3n) is 5.58. The van der Waals surface area contributed by atoms with Crippen molar-refractivity contribution in [1.82, 2.24) is 9.80 Å². The zero-order chi connectivity index (χ0) is 20.3. The van der Waals surface area contributed by atoms with Crippen LogP contribution in [0.25, 0.3) is 0 Å². The Labute approximate surface area is 164 Å². The van der Waals surface area contributed by atoms with Crippen molar-refractivity contribution in [2.45, 2.75) is 25.8 Å². The molecule has 1 N–H and O–H groups in total. The highest BCUT2D eigenvalue weighted by Crippen LogP contribution is 2.29. The van der Waals surface area contributed by atoms with Crippen molar-refractivity contribution in [3.8, 4) is 11.5 Å². The van der Waals surface area contributed by atoms with Crippen LogP contribution < -0.4 is 9.47 Å². The van der Waals surface area contributed by atoms with Crippen LogP contribution in [0.3, 0.4) is 0 Å². The van der Waals surface area contributed by atoms with Crippen molar-refractivity contribution < 1.29 is 29.0 Å². The molecule has 1 unspecified atom stereocenters. The lowest BCUT2D eigenvalue weighted by molar-refractivity contribution is -0.146. The molecule has 2 heterocycles. The molecule has 152 valence electrons. The molecule has 28 heavy (non-hydrogen) atoms. The lowest BCUT2D eigenvalue weighted by Crippen LogP contribution is -2.43. The van der Waals surface area contributed by atoms with Gasteiger partial charge >= 0.3 is 5.97 Å². The van der Waals surface area contributed by atoms with E-state index in [1.54, 1.807) is 30.1 Å². The van der Waals surface area contributed by atoms with Crippen molar-refractivity contribution in [3.05, 3.63) is 23.8 Å². The van der Waals surface area contributed by atoms with Crippen LogP contribution in [0, 0.1) is 11.8 Å². The smallest absolute Gasteiger partial charge is 0.306 e. The summed E-state index contributed by atoms with van der Waals surface area (Å²) in [5.74, 6) is -0.365. The number of nitrogens with zero attached hydrogens (tertiary/aromatic N) is 2. The molecule has 2 saturated heterocycles. The number of hydrogen-bond acceptors (Lipinski definition) is 5. The van der Waals surface area contributed by atoms with Crippen LogP contribution in [0.15, 0.2) is 18.2 Å². The van der Waals surface area contributed by atoms with Crippen LogP contribution in [0.5, 0.6) is 11.5 Å². The molecule has 2 fully saturated rings. The number of carboxylic acid groups (broad SMARTS) is 1. The molecule has 0 saturated carbocycles. The van der Waals surface area contributed by atoms with E-state index in [1.165, 1.54) is 0 Å². The van der Waals surface area contributed by atoms with E-state index in [0.29, 0.717) is 50.5 Å². The third-order valence-corrected chi connectivity index (χ3v) is 5.58. The Morgan fingerprint density at radius 1 is 1.14 bits per heavy atom. The van der Waals surface area contributed by atoms with Gasteiger partial charge < -0.3 is 24.4 Å². The Morgan fingerprint density at radius 2 is 1.86 bits per heavy atom. The number of hydrogen-bond donors (Lipinski definition) is 1. The standard InChI is InChI=1S/C20H26N2O6/c1-27-16-4-3-14(17(10-16)28-2)11-22-12-15(9-18(22)23)19(24)21-7-5-13(6-8-21)20(25)26/h3-4,10,13,15H,5-9,11-12H2,1-2H3,(H,25,26).